The van der Waals surface area contributed by atoms with Crippen molar-refractivity contribution in [3.8, 4) is 0 Å². The van der Waals surface area contributed by atoms with Crippen molar-refractivity contribution >= 4 is 29.9 Å². The van der Waals surface area contributed by atoms with Crippen molar-refractivity contribution in [2.45, 2.75) is 46.2 Å². The molecule has 1 saturated heterocycles. The first-order valence-corrected chi connectivity index (χ1v) is 10.6. The lowest BCUT2D eigenvalue weighted by Gasteiger charge is -2.20. The Balaban J connectivity index is 0.00000392. The highest BCUT2D eigenvalue weighted by Gasteiger charge is 2.12. The number of guanidine groups is 1. The van der Waals surface area contributed by atoms with Crippen molar-refractivity contribution in [1.29, 1.82) is 0 Å². The molecule has 5 nitrogen and oxygen atoms in total. The van der Waals surface area contributed by atoms with Crippen molar-refractivity contribution in [1.82, 2.24) is 20.4 Å². The smallest absolute Gasteiger partial charge is 0.191 e. The summed E-state index contributed by atoms with van der Waals surface area (Å²) in [4.78, 5) is 9.34. The fourth-order valence-corrected chi connectivity index (χ4v) is 3.50. The van der Waals surface area contributed by atoms with E-state index in [2.05, 4.69) is 70.6 Å². The summed E-state index contributed by atoms with van der Waals surface area (Å²) in [6, 6.07) is 9.01. The van der Waals surface area contributed by atoms with Crippen molar-refractivity contribution in [2.24, 2.45) is 10.9 Å². The molecular weight excluding hydrogens is 461 g/mol. The first-order valence-electron chi connectivity index (χ1n) is 10.6. The van der Waals surface area contributed by atoms with E-state index in [4.69, 9.17) is 0 Å². The van der Waals surface area contributed by atoms with Crippen molar-refractivity contribution < 1.29 is 0 Å². The Morgan fingerprint density at radius 2 is 1.68 bits per heavy atom. The molecule has 6 heteroatoms. The number of rotatable bonds is 8. The van der Waals surface area contributed by atoms with E-state index >= 15 is 0 Å². The van der Waals surface area contributed by atoms with E-state index in [0.29, 0.717) is 5.92 Å². The molecule has 160 valence electrons. The maximum atomic E-state index is 4.34. The second kappa shape index (κ2) is 14.2. The van der Waals surface area contributed by atoms with Gasteiger partial charge >= 0.3 is 0 Å². The lowest BCUT2D eigenvalue weighted by molar-refractivity contribution is 0.269. The summed E-state index contributed by atoms with van der Waals surface area (Å²) in [6.07, 6.45) is 3.67. The van der Waals surface area contributed by atoms with E-state index in [0.717, 1.165) is 32.1 Å². The third-order valence-corrected chi connectivity index (χ3v) is 5.64. The lowest BCUT2D eigenvalue weighted by Crippen LogP contribution is -2.39. The third-order valence-electron chi connectivity index (χ3n) is 5.64. The Morgan fingerprint density at radius 1 is 1.00 bits per heavy atom. The number of hydrogen-bond acceptors (Lipinski definition) is 3. The van der Waals surface area contributed by atoms with Gasteiger partial charge in [-0.1, -0.05) is 51.0 Å². The quantitative estimate of drug-likeness (QED) is 0.325. The van der Waals surface area contributed by atoms with Gasteiger partial charge in [-0.3, -0.25) is 9.89 Å². The summed E-state index contributed by atoms with van der Waals surface area (Å²) in [5, 5.41) is 6.87. The van der Waals surface area contributed by atoms with Gasteiger partial charge in [0.25, 0.3) is 0 Å². The van der Waals surface area contributed by atoms with Gasteiger partial charge in [0, 0.05) is 39.8 Å². The van der Waals surface area contributed by atoms with Gasteiger partial charge in [-0.05, 0) is 43.6 Å². The summed E-state index contributed by atoms with van der Waals surface area (Å²) in [5.41, 5.74) is 2.69. The van der Waals surface area contributed by atoms with Crippen LogP contribution >= 0.6 is 24.0 Å². The third kappa shape index (κ3) is 9.09. The SMILES string of the molecule is CCC(CC)CNC(=NC)NCc1ccc(CN2CCCN(C)CC2)cc1.I. The Hall–Kier alpha value is -0.860. The summed E-state index contributed by atoms with van der Waals surface area (Å²) in [7, 11) is 4.06. The van der Waals surface area contributed by atoms with Crippen molar-refractivity contribution in [3.05, 3.63) is 35.4 Å². The van der Waals surface area contributed by atoms with Crippen LogP contribution in [0.2, 0.25) is 0 Å². The average Bonchev–Trinajstić information content (AvgIpc) is 2.90. The molecule has 0 spiro atoms. The van der Waals surface area contributed by atoms with Gasteiger partial charge < -0.3 is 15.5 Å². The maximum absolute atomic E-state index is 4.34. The van der Waals surface area contributed by atoms with Crippen LogP contribution in [0.5, 0.6) is 0 Å². The summed E-state index contributed by atoms with van der Waals surface area (Å²) in [5.74, 6) is 1.60. The highest BCUT2D eigenvalue weighted by molar-refractivity contribution is 14.0. The van der Waals surface area contributed by atoms with Crippen molar-refractivity contribution in [2.75, 3.05) is 46.8 Å². The molecule has 0 bridgehead atoms. The Kier molecular flexibility index (Phi) is 12.7. The molecule has 0 atom stereocenters. The second-order valence-electron chi connectivity index (χ2n) is 7.74. The predicted octanol–water partition coefficient (Wildman–Crippen LogP) is 3.54. The Morgan fingerprint density at radius 3 is 2.32 bits per heavy atom. The lowest BCUT2D eigenvalue weighted by atomic mass is 10.0. The molecule has 0 radical (unpaired) electrons. The van der Waals surface area contributed by atoms with Gasteiger partial charge in [0.1, 0.15) is 0 Å². The second-order valence-corrected chi connectivity index (χ2v) is 7.74. The number of nitrogens with one attached hydrogen (secondary N) is 2. The van der Waals surface area contributed by atoms with E-state index in [-0.39, 0.29) is 24.0 Å². The summed E-state index contributed by atoms with van der Waals surface area (Å²) >= 11 is 0. The minimum atomic E-state index is 0. The largest absolute Gasteiger partial charge is 0.356 e. The van der Waals surface area contributed by atoms with Crippen LogP contribution in [0.4, 0.5) is 0 Å². The van der Waals surface area contributed by atoms with Crippen molar-refractivity contribution in [3.63, 3.8) is 0 Å². The Labute approximate surface area is 189 Å². The minimum Gasteiger partial charge on any atom is -0.356 e. The predicted molar refractivity (Wildman–Crippen MR) is 132 cm³/mol. The van der Waals surface area contributed by atoms with Gasteiger partial charge in [0.05, 0.1) is 0 Å². The van der Waals surface area contributed by atoms with E-state index in [1.54, 1.807) is 0 Å². The minimum absolute atomic E-state index is 0. The molecule has 0 amide bonds. The number of halogens is 1. The zero-order chi connectivity index (χ0) is 19.5. The standard InChI is InChI=1S/C22H39N5.HI/c1-5-19(6-2)16-24-22(23-3)25-17-20-8-10-21(11-9-20)18-27-13-7-12-26(4)14-15-27;/h8-11,19H,5-7,12-18H2,1-4H3,(H2,23,24,25);1H. The van der Waals surface area contributed by atoms with Gasteiger partial charge in [0.2, 0.25) is 0 Å². The number of hydrogen-bond donors (Lipinski definition) is 2. The molecule has 1 aliphatic heterocycles. The molecule has 0 unspecified atom stereocenters. The van der Waals surface area contributed by atoms with E-state index in [1.807, 2.05) is 7.05 Å². The van der Waals surface area contributed by atoms with Crippen LogP contribution in [-0.2, 0) is 13.1 Å². The van der Waals surface area contributed by atoms with Crippen LogP contribution in [0.25, 0.3) is 0 Å². The van der Waals surface area contributed by atoms with Crippen LogP contribution in [0.1, 0.15) is 44.2 Å². The summed E-state index contributed by atoms with van der Waals surface area (Å²) in [6.45, 7) is 12.1. The average molecular weight is 502 g/mol. The maximum Gasteiger partial charge on any atom is 0.191 e. The molecule has 1 aromatic carbocycles. The number of likely N-dealkylation sites (N-methyl/N-ethyl adjacent to an activating group) is 1. The molecule has 28 heavy (non-hydrogen) atoms. The molecule has 1 aliphatic rings. The fourth-order valence-electron chi connectivity index (χ4n) is 3.50. The van der Waals surface area contributed by atoms with Crippen LogP contribution < -0.4 is 10.6 Å². The van der Waals surface area contributed by atoms with Crippen LogP contribution in [0.15, 0.2) is 29.3 Å². The Bertz CT molecular complexity index is 557. The molecule has 1 heterocycles. The molecule has 1 fully saturated rings. The van der Waals surface area contributed by atoms with Crippen LogP contribution in [0, 0.1) is 5.92 Å². The molecule has 0 saturated carbocycles. The monoisotopic (exact) mass is 501 g/mol. The molecule has 2 rings (SSSR count). The van der Waals surface area contributed by atoms with Gasteiger partial charge in [-0.2, -0.15) is 0 Å². The number of benzene rings is 1. The summed E-state index contributed by atoms with van der Waals surface area (Å²) < 4.78 is 0. The van der Waals surface area contributed by atoms with E-state index in [1.165, 1.54) is 50.0 Å². The van der Waals surface area contributed by atoms with E-state index in [9.17, 15) is 0 Å². The molecule has 0 aliphatic carbocycles. The zero-order valence-electron chi connectivity index (χ0n) is 18.2. The van der Waals surface area contributed by atoms with Gasteiger partial charge in [-0.15, -0.1) is 24.0 Å². The molecule has 1 aromatic rings. The van der Waals surface area contributed by atoms with Gasteiger partial charge in [-0.25, -0.2) is 0 Å². The van der Waals surface area contributed by atoms with Crippen LogP contribution in [-0.4, -0.2) is 62.6 Å². The van der Waals surface area contributed by atoms with Gasteiger partial charge in [0.15, 0.2) is 5.96 Å². The molecule has 2 N–H and O–H groups in total. The fraction of sp³-hybridized carbons (Fsp3) is 0.682. The molecular formula is C22H40IN5. The number of aliphatic imine (C=N–C) groups is 1. The zero-order valence-corrected chi connectivity index (χ0v) is 20.5. The highest BCUT2D eigenvalue weighted by Crippen LogP contribution is 2.10. The van der Waals surface area contributed by atoms with E-state index < -0.39 is 0 Å². The first kappa shape index (κ1) is 25.2. The van der Waals surface area contributed by atoms with Crippen LogP contribution in [0.3, 0.4) is 0 Å². The topological polar surface area (TPSA) is 42.9 Å². The molecule has 0 aromatic heterocycles. The number of nitrogens with zero attached hydrogens (tertiary/aromatic N) is 3. The normalized spacial score (nSPS) is 16.5. The highest BCUT2D eigenvalue weighted by atomic mass is 127. The first-order chi connectivity index (χ1) is 13.1.